The summed E-state index contributed by atoms with van der Waals surface area (Å²) in [6, 6.07) is 4.51. The first-order chi connectivity index (χ1) is 10.6. The van der Waals surface area contributed by atoms with Crippen molar-refractivity contribution >= 4 is 58.0 Å². The molecule has 2 N–H and O–H groups in total. The number of amides is 1. The monoisotopic (exact) mass is 457 g/mol. The van der Waals surface area contributed by atoms with E-state index in [-0.39, 0.29) is 30.9 Å². The van der Waals surface area contributed by atoms with Crippen molar-refractivity contribution in [2.45, 2.75) is 38.3 Å². The quantitative estimate of drug-likeness (QED) is 0.750. The molecule has 1 aliphatic carbocycles. The first kappa shape index (κ1) is 22.2. The molecular formula is C16H26BrCl2N3OS. The molecule has 2 aliphatic rings. The molecule has 0 spiro atoms. The van der Waals surface area contributed by atoms with Crippen LogP contribution >= 0.6 is 52.1 Å². The molecule has 8 heteroatoms. The maximum Gasteiger partial charge on any atom is 0.222 e. The SMILES string of the molecule is Cl.Cl.N[C@@H]1CCC[C@H]1CC(=O)N1CCN(Cc2ccc(Br)s2)CC1. The highest BCUT2D eigenvalue weighted by Gasteiger charge is 2.29. The number of nitrogens with two attached hydrogens (primary N) is 1. The Kier molecular flexibility index (Phi) is 9.56. The van der Waals surface area contributed by atoms with Gasteiger partial charge in [-0.3, -0.25) is 9.69 Å². The van der Waals surface area contributed by atoms with Crippen molar-refractivity contribution in [2.75, 3.05) is 26.2 Å². The third kappa shape index (κ3) is 5.85. The van der Waals surface area contributed by atoms with E-state index in [0.29, 0.717) is 18.2 Å². The Bertz CT molecular complexity index is 523. The smallest absolute Gasteiger partial charge is 0.222 e. The zero-order valence-corrected chi connectivity index (χ0v) is 17.7. The maximum atomic E-state index is 12.4. The molecule has 138 valence electrons. The minimum absolute atomic E-state index is 0. The van der Waals surface area contributed by atoms with Gasteiger partial charge in [0.25, 0.3) is 0 Å². The molecule has 2 fully saturated rings. The van der Waals surface area contributed by atoms with Gasteiger partial charge in [-0.05, 0) is 46.8 Å². The van der Waals surface area contributed by atoms with Gasteiger partial charge in [0, 0.05) is 50.1 Å². The summed E-state index contributed by atoms with van der Waals surface area (Å²) >= 11 is 5.30. The number of piperazine rings is 1. The number of halogens is 3. The summed E-state index contributed by atoms with van der Waals surface area (Å²) in [6.45, 7) is 4.64. The Morgan fingerprint density at radius 3 is 2.46 bits per heavy atom. The average Bonchev–Trinajstić information content (AvgIpc) is 3.09. The summed E-state index contributed by atoms with van der Waals surface area (Å²) in [6.07, 6.45) is 4.05. The number of nitrogens with zero attached hydrogens (tertiary/aromatic N) is 2. The zero-order chi connectivity index (χ0) is 15.5. The van der Waals surface area contributed by atoms with Crippen LogP contribution in [0.25, 0.3) is 0 Å². The predicted molar refractivity (Wildman–Crippen MR) is 108 cm³/mol. The topological polar surface area (TPSA) is 49.6 Å². The number of thiophene rings is 1. The Labute approximate surface area is 169 Å². The van der Waals surface area contributed by atoms with E-state index in [9.17, 15) is 4.79 Å². The van der Waals surface area contributed by atoms with Gasteiger partial charge in [0.15, 0.2) is 0 Å². The predicted octanol–water partition coefficient (Wildman–Crippen LogP) is 3.52. The minimum Gasteiger partial charge on any atom is -0.340 e. The van der Waals surface area contributed by atoms with Crippen LogP contribution in [0, 0.1) is 5.92 Å². The molecule has 1 saturated heterocycles. The summed E-state index contributed by atoms with van der Waals surface area (Å²) < 4.78 is 1.18. The number of hydrogen-bond acceptors (Lipinski definition) is 4. The van der Waals surface area contributed by atoms with Gasteiger partial charge < -0.3 is 10.6 Å². The normalized spacial score (nSPS) is 24.3. The zero-order valence-electron chi connectivity index (χ0n) is 13.7. The van der Waals surface area contributed by atoms with Crippen molar-refractivity contribution in [3.05, 3.63) is 20.8 Å². The van der Waals surface area contributed by atoms with Crippen LogP contribution in [0.4, 0.5) is 0 Å². The standard InChI is InChI=1S/C16H24BrN3OS.2ClH/c17-15-5-4-13(22-15)11-19-6-8-20(9-7-19)16(21)10-12-2-1-3-14(12)18;;/h4-5,12,14H,1-3,6-11,18H2;2*1H/t12-,14+;;/m0../s1. The highest BCUT2D eigenvalue weighted by Crippen LogP contribution is 2.28. The van der Waals surface area contributed by atoms with Gasteiger partial charge in [-0.15, -0.1) is 36.2 Å². The molecular weight excluding hydrogens is 433 g/mol. The number of carbonyl (C=O) groups excluding carboxylic acids is 1. The van der Waals surface area contributed by atoms with E-state index in [0.717, 1.165) is 45.6 Å². The fraction of sp³-hybridized carbons (Fsp3) is 0.688. The van der Waals surface area contributed by atoms with E-state index >= 15 is 0 Å². The van der Waals surface area contributed by atoms with Gasteiger partial charge in [-0.1, -0.05) is 6.42 Å². The van der Waals surface area contributed by atoms with E-state index < -0.39 is 0 Å². The molecule has 1 aliphatic heterocycles. The molecule has 1 aromatic heterocycles. The Morgan fingerprint density at radius 2 is 1.92 bits per heavy atom. The highest BCUT2D eigenvalue weighted by molar-refractivity contribution is 9.11. The van der Waals surface area contributed by atoms with Gasteiger partial charge in [0.05, 0.1) is 3.79 Å². The van der Waals surface area contributed by atoms with E-state index in [1.165, 1.54) is 15.1 Å². The van der Waals surface area contributed by atoms with Crippen LogP contribution in [0.15, 0.2) is 15.9 Å². The summed E-state index contributed by atoms with van der Waals surface area (Å²) in [5, 5.41) is 0. The molecule has 0 bridgehead atoms. The van der Waals surface area contributed by atoms with Crippen molar-refractivity contribution in [3.8, 4) is 0 Å². The molecule has 0 aromatic carbocycles. The van der Waals surface area contributed by atoms with E-state index in [1.54, 1.807) is 11.3 Å². The molecule has 2 heterocycles. The van der Waals surface area contributed by atoms with E-state index in [2.05, 4.69) is 33.0 Å². The minimum atomic E-state index is 0. The lowest BCUT2D eigenvalue weighted by Crippen LogP contribution is -2.48. The lowest BCUT2D eigenvalue weighted by molar-refractivity contribution is -0.134. The number of rotatable bonds is 4. The van der Waals surface area contributed by atoms with Crippen LogP contribution in [0.5, 0.6) is 0 Å². The lowest BCUT2D eigenvalue weighted by atomic mass is 9.99. The van der Waals surface area contributed by atoms with Gasteiger partial charge >= 0.3 is 0 Å². The van der Waals surface area contributed by atoms with Gasteiger partial charge in [-0.2, -0.15) is 0 Å². The Hall–Kier alpha value is 0.150. The summed E-state index contributed by atoms with van der Waals surface area (Å²) in [7, 11) is 0. The van der Waals surface area contributed by atoms with Crippen LogP contribution in [-0.4, -0.2) is 47.9 Å². The molecule has 2 atom stereocenters. The van der Waals surface area contributed by atoms with E-state index in [4.69, 9.17) is 5.73 Å². The summed E-state index contributed by atoms with van der Waals surface area (Å²) in [4.78, 5) is 18.3. The molecule has 1 aromatic rings. The summed E-state index contributed by atoms with van der Waals surface area (Å²) in [5.41, 5.74) is 6.09. The van der Waals surface area contributed by atoms with Crippen molar-refractivity contribution < 1.29 is 4.79 Å². The van der Waals surface area contributed by atoms with Crippen molar-refractivity contribution in [2.24, 2.45) is 11.7 Å². The largest absolute Gasteiger partial charge is 0.340 e. The fourth-order valence-electron chi connectivity index (χ4n) is 3.48. The van der Waals surface area contributed by atoms with Crippen molar-refractivity contribution in [1.82, 2.24) is 9.80 Å². The molecule has 1 amide bonds. The number of carbonyl (C=O) groups is 1. The van der Waals surface area contributed by atoms with Gasteiger partial charge in [0.2, 0.25) is 5.91 Å². The third-order valence-corrected chi connectivity index (χ3v) is 6.50. The van der Waals surface area contributed by atoms with Gasteiger partial charge in [-0.25, -0.2) is 0 Å². The second kappa shape index (κ2) is 10.3. The highest BCUT2D eigenvalue weighted by atomic mass is 79.9. The van der Waals surface area contributed by atoms with Gasteiger partial charge in [0.1, 0.15) is 0 Å². The van der Waals surface area contributed by atoms with Crippen LogP contribution < -0.4 is 5.73 Å². The van der Waals surface area contributed by atoms with Crippen LogP contribution in [0.3, 0.4) is 0 Å². The van der Waals surface area contributed by atoms with Crippen LogP contribution in [0.1, 0.15) is 30.6 Å². The first-order valence-corrected chi connectivity index (χ1v) is 9.72. The molecule has 0 radical (unpaired) electrons. The summed E-state index contributed by atoms with van der Waals surface area (Å²) in [5.74, 6) is 0.717. The second-order valence-electron chi connectivity index (χ2n) is 6.42. The molecule has 4 nitrogen and oxygen atoms in total. The fourth-order valence-corrected chi connectivity index (χ4v) is 5.01. The third-order valence-electron chi connectivity index (χ3n) is 4.89. The number of hydrogen-bond donors (Lipinski definition) is 1. The van der Waals surface area contributed by atoms with Crippen molar-refractivity contribution in [3.63, 3.8) is 0 Å². The molecule has 24 heavy (non-hydrogen) atoms. The van der Waals surface area contributed by atoms with E-state index in [1.807, 2.05) is 4.90 Å². The Morgan fingerprint density at radius 1 is 1.21 bits per heavy atom. The Balaban J connectivity index is 0.00000144. The molecule has 1 saturated carbocycles. The first-order valence-electron chi connectivity index (χ1n) is 8.12. The van der Waals surface area contributed by atoms with Crippen LogP contribution in [-0.2, 0) is 11.3 Å². The average molecular weight is 459 g/mol. The maximum absolute atomic E-state index is 12.4. The van der Waals surface area contributed by atoms with Crippen molar-refractivity contribution in [1.29, 1.82) is 0 Å². The molecule has 0 unspecified atom stereocenters. The second-order valence-corrected chi connectivity index (χ2v) is 8.97. The molecule has 3 rings (SSSR count). The van der Waals surface area contributed by atoms with Crippen LogP contribution in [0.2, 0.25) is 0 Å². The lowest BCUT2D eigenvalue weighted by Gasteiger charge is -2.35.